The third kappa shape index (κ3) is 2.56. The van der Waals surface area contributed by atoms with Gasteiger partial charge in [-0.15, -0.1) is 0 Å². The zero-order valence-electron chi connectivity index (χ0n) is 11.7. The highest BCUT2D eigenvalue weighted by Crippen LogP contribution is 2.29. The van der Waals surface area contributed by atoms with Gasteiger partial charge in [-0.1, -0.05) is 13.0 Å². The molecule has 1 aliphatic heterocycles. The SMILES string of the molecule is CC1CN(c2cccc(F)c2C(=N)N)CC1N(C)C. The molecule has 3 N–H and O–H groups in total. The van der Waals surface area contributed by atoms with E-state index in [-0.39, 0.29) is 11.4 Å². The maximum Gasteiger partial charge on any atom is 0.136 e. The van der Waals surface area contributed by atoms with Gasteiger partial charge in [-0.25, -0.2) is 4.39 Å². The number of likely N-dealkylation sites (N-methyl/N-ethyl adjacent to an activating group) is 1. The first-order valence-corrected chi connectivity index (χ1v) is 6.46. The Morgan fingerprint density at radius 2 is 2.11 bits per heavy atom. The molecule has 1 saturated heterocycles. The van der Waals surface area contributed by atoms with Crippen LogP contribution in [0.4, 0.5) is 10.1 Å². The van der Waals surface area contributed by atoms with Crippen molar-refractivity contribution in [2.24, 2.45) is 11.7 Å². The smallest absolute Gasteiger partial charge is 0.136 e. The maximum atomic E-state index is 13.8. The van der Waals surface area contributed by atoms with E-state index in [1.54, 1.807) is 6.07 Å². The summed E-state index contributed by atoms with van der Waals surface area (Å²) in [5.74, 6) is -0.141. The summed E-state index contributed by atoms with van der Waals surface area (Å²) in [6, 6.07) is 5.29. The molecule has 2 rings (SSSR count). The predicted molar refractivity (Wildman–Crippen MR) is 76.3 cm³/mol. The molecule has 0 radical (unpaired) electrons. The monoisotopic (exact) mass is 264 g/mol. The second kappa shape index (κ2) is 5.17. The van der Waals surface area contributed by atoms with Gasteiger partial charge in [0, 0.05) is 19.1 Å². The molecule has 1 heterocycles. The molecular formula is C14H21FN4. The van der Waals surface area contributed by atoms with Gasteiger partial charge in [0.25, 0.3) is 0 Å². The molecule has 0 aromatic heterocycles. The van der Waals surface area contributed by atoms with Crippen LogP contribution in [-0.4, -0.2) is 44.0 Å². The van der Waals surface area contributed by atoms with E-state index in [1.165, 1.54) is 6.07 Å². The largest absolute Gasteiger partial charge is 0.384 e. The Morgan fingerprint density at radius 1 is 1.42 bits per heavy atom. The fraction of sp³-hybridized carbons (Fsp3) is 0.500. The number of nitrogens with two attached hydrogens (primary N) is 1. The fourth-order valence-electron chi connectivity index (χ4n) is 2.86. The highest BCUT2D eigenvalue weighted by molar-refractivity contribution is 6.00. The molecule has 0 amide bonds. The zero-order chi connectivity index (χ0) is 14.2. The van der Waals surface area contributed by atoms with Crippen molar-refractivity contribution in [3.05, 3.63) is 29.6 Å². The number of benzene rings is 1. The van der Waals surface area contributed by atoms with Crippen LogP contribution in [-0.2, 0) is 0 Å². The molecular weight excluding hydrogens is 243 g/mol. The number of hydrogen-bond acceptors (Lipinski definition) is 3. The van der Waals surface area contributed by atoms with Gasteiger partial charge in [0.15, 0.2) is 0 Å². The molecule has 2 atom stereocenters. The van der Waals surface area contributed by atoms with Crippen molar-refractivity contribution in [2.45, 2.75) is 13.0 Å². The summed E-state index contributed by atoms with van der Waals surface area (Å²) < 4.78 is 13.8. The summed E-state index contributed by atoms with van der Waals surface area (Å²) in [5, 5.41) is 7.57. The number of nitrogens with one attached hydrogen (secondary N) is 1. The first-order valence-electron chi connectivity index (χ1n) is 6.46. The van der Waals surface area contributed by atoms with Gasteiger partial charge >= 0.3 is 0 Å². The number of rotatable bonds is 3. The minimum Gasteiger partial charge on any atom is -0.384 e. The average molecular weight is 264 g/mol. The molecule has 1 aromatic carbocycles. The normalized spacial score (nSPS) is 23.1. The van der Waals surface area contributed by atoms with Crippen LogP contribution in [0.2, 0.25) is 0 Å². The van der Waals surface area contributed by atoms with Crippen LogP contribution >= 0.6 is 0 Å². The number of anilines is 1. The van der Waals surface area contributed by atoms with Gasteiger partial charge in [0.2, 0.25) is 0 Å². The van der Waals surface area contributed by atoms with Crippen molar-refractivity contribution in [2.75, 3.05) is 32.1 Å². The van der Waals surface area contributed by atoms with E-state index >= 15 is 0 Å². The van der Waals surface area contributed by atoms with Crippen molar-refractivity contribution in [1.29, 1.82) is 5.41 Å². The van der Waals surface area contributed by atoms with Gasteiger partial charge in [-0.2, -0.15) is 0 Å². The quantitative estimate of drug-likeness (QED) is 0.642. The molecule has 0 spiro atoms. The van der Waals surface area contributed by atoms with Gasteiger partial charge in [-0.3, -0.25) is 5.41 Å². The molecule has 1 fully saturated rings. The Kier molecular flexibility index (Phi) is 3.75. The van der Waals surface area contributed by atoms with E-state index in [9.17, 15) is 4.39 Å². The van der Waals surface area contributed by atoms with Crippen LogP contribution in [0.25, 0.3) is 0 Å². The number of hydrogen-bond donors (Lipinski definition) is 2. The standard InChI is InChI=1S/C14H21FN4/c1-9-7-19(8-12(9)18(2)3)11-6-4-5-10(15)13(11)14(16)17/h4-6,9,12H,7-8H2,1-3H3,(H3,16,17). The summed E-state index contributed by atoms with van der Waals surface area (Å²) >= 11 is 0. The van der Waals surface area contributed by atoms with Crippen LogP contribution in [0.5, 0.6) is 0 Å². The van der Waals surface area contributed by atoms with Crippen molar-refractivity contribution >= 4 is 11.5 Å². The third-order valence-electron chi connectivity index (χ3n) is 3.84. The van der Waals surface area contributed by atoms with Crippen LogP contribution < -0.4 is 10.6 Å². The van der Waals surface area contributed by atoms with Crippen LogP contribution in [0.15, 0.2) is 18.2 Å². The molecule has 104 valence electrons. The lowest BCUT2D eigenvalue weighted by atomic mass is 10.1. The van der Waals surface area contributed by atoms with Crippen molar-refractivity contribution in [1.82, 2.24) is 4.90 Å². The number of nitrogen functional groups attached to an aromatic ring is 1. The lowest BCUT2D eigenvalue weighted by Gasteiger charge is -2.24. The van der Waals surface area contributed by atoms with E-state index in [1.807, 2.05) is 6.07 Å². The van der Waals surface area contributed by atoms with Crippen molar-refractivity contribution < 1.29 is 4.39 Å². The first kappa shape index (κ1) is 13.8. The number of nitrogens with zero attached hydrogens (tertiary/aromatic N) is 2. The van der Waals surface area contributed by atoms with Crippen molar-refractivity contribution in [3.8, 4) is 0 Å². The Hall–Kier alpha value is -1.62. The fourth-order valence-corrected chi connectivity index (χ4v) is 2.86. The van der Waals surface area contributed by atoms with E-state index in [4.69, 9.17) is 11.1 Å². The van der Waals surface area contributed by atoms with E-state index < -0.39 is 5.82 Å². The lowest BCUT2D eigenvalue weighted by Crippen LogP contribution is -2.34. The van der Waals surface area contributed by atoms with E-state index in [0.29, 0.717) is 12.0 Å². The van der Waals surface area contributed by atoms with Crippen LogP contribution in [0, 0.1) is 17.1 Å². The highest BCUT2D eigenvalue weighted by Gasteiger charge is 2.32. The van der Waals surface area contributed by atoms with Gasteiger partial charge < -0.3 is 15.5 Å². The average Bonchev–Trinajstić information content (AvgIpc) is 2.70. The molecule has 5 heteroatoms. The molecule has 4 nitrogen and oxygen atoms in total. The second-order valence-electron chi connectivity index (χ2n) is 5.46. The number of amidine groups is 1. The second-order valence-corrected chi connectivity index (χ2v) is 5.46. The number of halogens is 1. The Labute approximate surface area is 113 Å². The summed E-state index contributed by atoms with van der Waals surface area (Å²) in [5.41, 5.74) is 6.46. The van der Waals surface area contributed by atoms with E-state index in [0.717, 1.165) is 18.8 Å². The van der Waals surface area contributed by atoms with Gasteiger partial charge in [-0.05, 0) is 32.1 Å². The molecule has 19 heavy (non-hydrogen) atoms. The minimum absolute atomic E-state index is 0.214. The van der Waals surface area contributed by atoms with Gasteiger partial charge in [0.1, 0.15) is 11.7 Å². The summed E-state index contributed by atoms with van der Waals surface area (Å²) in [7, 11) is 4.12. The van der Waals surface area contributed by atoms with Crippen LogP contribution in [0.1, 0.15) is 12.5 Å². The molecule has 1 aliphatic rings. The molecule has 0 aliphatic carbocycles. The van der Waals surface area contributed by atoms with E-state index in [2.05, 4.69) is 30.8 Å². The first-order chi connectivity index (χ1) is 8.91. The summed E-state index contributed by atoms with van der Waals surface area (Å²) in [4.78, 5) is 4.31. The molecule has 1 aromatic rings. The maximum absolute atomic E-state index is 13.8. The molecule has 0 saturated carbocycles. The summed E-state index contributed by atoms with van der Waals surface area (Å²) in [6.45, 7) is 3.88. The van der Waals surface area contributed by atoms with Gasteiger partial charge in [0.05, 0.1) is 11.3 Å². The highest BCUT2D eigenvalue weighted by atomic mass is 19.1. The predicted octanol–water partition coefficient (Wildman–Crippen LogP) is 1.50. The topological polar surface area (TPSA) is 56.4 Å². The Bertz CT molecular complexity index is 486. The van der Waals surface area contributed by atoms with Crippen LogP contribution in [0.3, 0.4) is 0 Å². The Morgan fingerprint density at radius 3 is 2.63 bits per heavy atom. The summed E-state index contributed by atoms with van der Waals surface area (Å²) in [6.07, 6.45) is 0. The third-order valence-corrected chi connectivity index (χ3v) is 3.84. The van der Waals surface area contributed by atoms with Crippen molar-refractivity contribution in [3.63, 3.8) is 0 Å². The minimum atomic E-state index is -0.425. The lowest BCUT2D eigenvalue weighted by molar-refractivity contribution is 0.266. The molecule has 2 unspecified atom stereocenters. The zero-order valence-corrected chi connectivity index (χ0v) is 11.7. The molecule has 0 bridgehead atoms. The Balaban J connectivity index is 2.34.